The number of methoxy groups -OCH3 is 1. The normalized spacial score (nSPS) is 13.2. The third kappa shape index (κ3) is 5.04. The van der Waals surface area contributed by atoms with E-state index < -0.39 is 0 Å². The molecule has 0 bridgehead atoms. The molecule has 3 N–H and O–H groups in total. The van der Waals surface area contributed by atoms with Crippen LogP contribution in [-0.4, -0.2) is 24.7 Å². The standard InChI is InChI=1S/C13H23N3O/c1-13(2,3)8-10(14)9-16-12-11(17-4)6-5-7-15-12/h5-7,10H,8-9,14H2,1-4H3,(H,15,16). The van der Waals surface area contributed by atoms with E-state index in [1.807, 2.05) is 12.1 Å². The number of hydrogen-bond acceptors (Lipinski definition) is 4. The van der Waals surface area contributed by atoms with Gasteiger partial charge in [0.05, 0.1) is 7.11 Å². The molecule has 0 saturated carbocycles. The Kier molecular flexibility index (Phi) is 4.75. The third-order valence-corrected chi connectivity index (χ3v) is 2.40. The average molecular weight is 237 g/mol. The Labute approximate surface area is 104 Å². The molecule has 0 fully saturated rings. The van der Waals surface area contributed by atoms with Crippen molar-refractivity contribution in [1.29, 1.82) is 0 Å². The smallest absolute Gasteiger partial charge is 0.168 e. The molecule has 1 aromatic heterocycles. The summed E-state index contributed by atoms with van der Waals surface area (Å²) in [7, 11) is 1.64. The van der Waals surface area contributed by atoms with Gasteiger partial charge in [-0.1, -0.05) is 20.8 Å². The summed E-state index contributed by atoms with van der Waals surface area (Å²) in [6.07, 6.45) is 2.70. The van der Waals surface area contributed by atoms with E-state index >= 15 is 0 Å². The lowest BCUT2D eigenvalue weighted by Crippen LogP contribution is -2.33. The van der Waals surface area contributed by atoms with Crippen molar-refractivity contribution in [3.05, 3.63) is 18.3 Å². The first-order chi connectivity index (χ1) is 7.92. The van der Waals surface area contributed by atoms with E-state index in [1.165, 1.54) is 0 Å². The minimum absolute atomic E-state index is 0.113. The van der Waals surface area contributed by atoms with Crippen LogP contribution >= 0.6 is 0 Å². The predicted molar refractivity (Wildman–Crippen MR) is 71.3 cm³/mol. The van der Waals surface area contributed by atoms with Crippen LogP contribution in [0.3, 0.4) is 0 Å². The number of ether oxygens (including phenoxy) is 1. The first kappa shape index (κ1) is 13.8. The average Bonchev–Trinajstić information content (AvgIpc) is 2.24. The van der Waals surface area contributed by atoms with Gasteiger partial charge in [0.2, 0.25) is 0 Å². The van der Waals surface area contributed by atoms with E-state index in [0.717, 1.165) is 18.0 Å². The van der Waals surface area contributed by atoms with E-state index in [1.54, 1.807) is 13.3 Å². The van der Waals surface area contributed by atoms with Crippen molar-refractivity contribution < 1.29 is 4.74 Å². The topological polar surface area (TPSA) is 60.2 Å². The monoisotopic (exact) mass is 237 g/mol. The summed E-state index contributed by atoms with van der Waals surface area (Å²) in [5.74, 6) is 1.50. The highest BCUT2D eigenvalue weighted by molar-refractivity contribution is 5.49. The van der Waals surface area contributed by atoms with Gasteiger partial charge in [-0.3, -0.25) is 0 Å². The number of nitrogens with one attached hydrogen (secondary N) is 1. The second kappa shape index (κ2) is 5.87. The van der Waals surface area contributed by atoms with Crippen LogP contribution in [-0.2, 0) is 0 Å². The highest BCUT2D eigenvalue weighted by Gasteiger charge is 2.15. The van der Waals surface area contributed by atoms with Crippen LogP contribution in [0.2, 0.25) is 0 Å². The van der Waals surface area contributed by atoms with Gasteiger partial charge in [-0.25, -0.2) is 4.98 Å². The molecule has 0 aliphatic rings. The fourth-order valence-electron chi connectivity index (χ4n) is 1.77. The SMILES string of the molecule is COc1cccnc1NCC(N)CC(C)(C)C. The van der Waals surface area contributed by atoms with Crippen molar-refractivity contribution in [2.45, 2.75) is 33.2 Å². The number of rotatable bonds is 5. The lowest BCUT2D eigenvalue weighted by atomic mass is 9.88. The van der Waals surface area contributed by atoms with Crippen LogP contribution in [0.1, 0.15) is 27.2 Å². The van der Waals surface area contributed by atoms with E-state index in [-0.39, 0.29) is 11.5 Å². The quantitative estimate of drug-likeness (QED) is 0.824. The zero-order valence-corrected chi connectivity index (χ0v) is 11.2. The van der Waals surface area contributed by atoms with Gasteiger partial charge in [0, 0.05) is 18.8 Å². The molecule has 0 saturated heterocycles. The molecule has 0 aliphatic heterocycles. The van der Waals surface area contributed by atoms with Gasteiger partial charge in [-0.15, -0.1) is 0 Å². The van der Waals surface area contributed by atoms with E-state index in [9.17, 15) is 0 Å². The van der Waals surface area contributed by atoms with Gasteiger partial charge in [-0.05, 0) is 24.0 Å². The highest BCUT2D eigenvalue weighted by Crippen LogP contribution is 2.22. The molecule has 1 unspecified atom stereocenters. The van der Waals surface area contributed by atoms with E-state index in [0.29, 0.717) is 6.54 Å². The van der Waals surface area contributed by atoms with Crippen molar-refractivity contribution in [1.82, 2.24) is 4.98 Å². The molecule has 1 atom stereocenters. The van der Waals surface area contributed by atoms with E-state index in [4.69, 9.17) is 10.5 Å². The lowest BCUT2D eigenvalue weighted by molar-refractivity contribution is 0.344. The number of pyridine rings is 1. The summed E-state index contributed by atoms with van der Waals surface area (Å²) in [5.41, 5.74) is 6.31. The minimum atomic E-state index is 0.113. The van der Waals surface area contributed by atoms with Gasteiger partial charge in [-0.2, -0.15) is 0 Å². The number of hydrogen-bond donors (Lipinski definition) is 2. The van der Waals surface area contributed by atoms with Crippen LogP contribution in [0.5, 0.6) is 5.75 Å². The van der Waals surface area contributed by atoms with Crippen LogP contribution in [0.15, 0.2) is 18.3 Å². The van der Waals surface area contributed by atoms with Crippen molar-refractivity contribution in [2.75, 3.05) is 19.0 Å². The Bertz CT molecular complexity index is 347. The predicted octanol–water partition coefficient (Wildman–Crippen LogP) is 2.27. The lowest BCUT2D eigenvalue weighted by Gasteiger charge is -2.23. The van der Waals surface area contributed by atoms with Crippen LogP contribution in [0.4, 0.5) is 5.82 Å². The van der Waals surface area contributed by atoms with Crippen LogP contribution in [0, 0.1) is 5.41 Å². The molecular formula is C13H23N3O. The Morgan fingerprint density at radius 2 is 2.18 bits per heavy atom. The summed E-state index contributed by atoms with van der Waals surface area (Å²) in [6.45, 7) is 7.27. The number of nitrogens with zero attached hydrogens (tertiary/aromatic N) is 1. The Morgan fingerprint density at radius 1 is 1.47 bits per heavy atom. The molecule has 1 aromatic rings. The first-order valence-electron chi connectivity index (χ1n) is 5.91. The van der Waals surface area contributed by atoms with Crippen molar-refractivity contribution in [3.8, 4) is 5.75 Å². The molecular weight excluding hydrogens is 214 g/mol. The molecule has 0 amide bonds. The first-order valence-corrected chi connectivity index (χ1v) is 5.91. The Morgan fingerprint density at radius 3 is 2.76 bits per heavy atom. The molecule has 1 rings (SSSR count). The second-order valence-corrected chi connectivity index (χ2v) is 5.46. The molecule has 0 spiro atoms. The summed E-state index contributed by atoms with van der Waals surface area (Å²) in [5, 5.41) is 3.23. The highest BCUT2D eigenvalue weighted by atomic mass is 16.5. The van der Waals surface area contributed by atoms with Crippen LogP contribution < -0.4 is 15.8 Å². The van der Waals surface area contributed by atoms with Crippen molar-refractivity contribution in [2.24, 2.45) is 11.1 Å². The maximum Gasteiger partial charge on any atom is 0.168 e. The second-order valence-electron chi connectivity index (χ2n) is 5.46. The summed E-state index contributed by atoms with van der Waals surface area (Å²) in [6, 6.07) is 3.84. The largest absolute Gasteiger partial charge is 0.493 e. The Balaban J connectivity index is 2.50. The number of anilines is 1. The molecule has 4 heteroatoms. The molecule has 0 aliphatic carbocycles. The molecule has 1 heterocycles. The summed E-state index contributed by atoms with van der Waals surface area (Å²) in [4.78, 5) is 4.23. The minimum Gasteiger partial charge on any atom is -0.493 e. The molecule has 96 valence electrons. The molecule has 0 aromatic carbocycles. The maximum atomic E-state index is 6.07. The summed E-state index contributed by atoms with van der Waals surface area (Å²) >= 11 is 0. The zero-order chi connectivity index (χ0) is 12.9. The fraction of sp³-hybridized carbons (Fsp3) is 0.615. The van der Waals surface area contributed by atoms with Gasteiger partial charge in [0.25, 0.3) is 0 Å². The van der Waals surface area contributed by atoms with Crippen LogP contribution in [0.25, 0.3) is 0 Å². The number of nitrogens with two attached hydrogens (primary N) is 1. The zero-order valence-electron chi connectivity index (χ0n) is 11.2. The molecule has 17 heavy (non-hydrogen) atoms. The maximum absolute atomic E-state index is 6.07. The van der Waals surface area contributed by atoms with Gasteiger partial charge in [0.15, 0.2) is 11.6 Å². The van der Waals surface area contributed by atoms with Crippen molar-refractivity contribution in [3.63, 3.8) is 0 Å². The fourth-order valence-corrected chi connectivity index (χ4v) is 1.77. The summed E-state index contributed by atoms with van der Waals surface area (Å²) < 4.78 is 5.21. The molecule has 4 nitrogen and oxygen atoms in total. The molecule has 0 radical (unpaired) electrons. The number of aromatic nitrogens is 1. The van der Waals surface area contributed by atoms with Gasteiger partial charge in [0.1, 0.15) is 0 Å². The van der Waals surface area contributed by atoms with Gasteiger partial charge >= 0.3 is 0 Å². The third-order valence-electron chi connectivity index (χ3n) is 2.40. The van der Waals surface area contributed by atoms with E-state index in [2.05, 4.69) is 31.1 Å². The Hall–Kier alpha value is -1.29. The van der Waals surface area contributed by atoms with Gasteiger partial charge < -0.3 is 15.8 Å². The van der Waals surface area contributed by atoms with Crippen molar-refractivity contribution >= 4 is 5.82 Å².